The summed E-state index contributed by atoms with van der Waals surface area (Å²) in [5.41, 5.74) is 4.06. The molecule has 0 aromatic heterocycles. The summed E-state index contributed by atoms with van der Waals surface area (Å²) in [5, 5.41) is 4.49. The van der Waals surface area contributed by atoms with Crippen LogP contribution in [0.15, 0.2) is 70.7 Å². The highest BCUT2D eigenvalue weighted by Crippen LogP contribution is 2.34. The van der Waals surface area contributed by atoms with E-state index in [4.69, 9.17) is 30.5 Å². The molecule has 210 valence electrons. The van der Waals surface area contributed by atoms with E-state index in [1.807, 2.05) is 25.1 Å². The maximum absolute atomic E-state index is 13.1. The summed E-state index contributed by atoms with van der Waals surface area (Å²) in [5.74, 6) is 1.96. The first kappa shape index (κ1) is 27.8. The Morgan fingerprint density at radius 2 is 1.88 bits per heavy atom. The molecular formula is C28H28ClN3O7S. The lowest BCUT2D eigenvalue weighted by atomic mass is 10.2. The van der Waals surface area contributed by atoms with Crippen LogP contribution in [0.5, 0.6) is 23.0 Å². The molecule has 2 heterocycles. The predicted octanol–water partition coefficient (Wildman–Crippen LogP) is 4.35. The van der Waals surface area contributed by atoms with Gasteiger partial charge in [0.05, 0.1) is 17.7 Å². The van der Waals surface area contributed by atoms with Gasteiger partial charge in [0.1, 0.15) is 12.6 Å². The Labute approximate surface area is 237 Å². The van der Waals surface area contributed by atoms with Gasteiger partial charge in [-0.2, -0.15) is 9.41 Å². The average Bonchev–Trinajstić information content (AvgIpc) is 3.63. The van der Waals surface area contributed by atoms with Crippen LogP contribution in [0.1, 0.15) is 30.9 Å². The molecule has 10 nitrogen and oxygen atoms in total. The first-order valence-electron chi connectivity index (χ1n) is 12.7. The molecule has 1 N–H and O–H groups in total. The standard InChI is InChI=1S/C28H28ClN3O7S/c1-2-36-26-14-19(5-11-24(26)37-17-20-6-12-25-27(15-20)39-18-38-25)16-30-31-28(33)23-4-3-13-32(23)40(34,35)22-9-7-21(29)8-10-22/h5-12,14-16,23H,2-4,13,17-18H2,1H3,(H,31,33)/b30-16-/t23-/m0/s1. The molecule has 3 aromatic rings. The molecule has 12 heteroatoms. The lowest BCUT2D eigenvalue weighted by Gasteiger charge is -2.22. The maximum Gasteiger partial charge on any atom is 0.258 e. The van der Waals surface area contributed by atoms with Crippen molar-refractivity contribution in [3.63, 3.8) is 0 Å². The third-order valence-corrected chi connectivity index (χ3v) is 8.59. The van der Waals surface area contributed by atoms with E-state index in [-0.39, 0.29) is 18.2 Å². The van der Waals surface area contributed by atoms with Gasteiger partial charge in [-0.1, -0.05) is 17.7 Å². The number of hydrogen-bond acceptors (Lipinski definition) is 8. The zero-order chi connectivity index (χ0) is 28.1. The predicted molar refractivity (Wildman–Crippen MR) is 149 cm³/mol. The number of carbonyl (C=O) groups is 1. The van der Waals surface area contributed by atoms with Crippen LogP contribution in [0.2, 0.25) is 5.02 Å². The Hall–Kier alpha value is -3.80. The summed E-state index contributed by atoms with van der Waals surface area (Å²) in [6, 6.07) is 15.9. The smallest absolute Gasteiger partial charge is 0.258 e. The van der Waals surface area contributed by atoms with Gasteiger partial charge in [0.25, 0.3) is 5.91 Å². The highest BCUT2D eigenvalue weighted by molar-refractivity contribution is 7.89. The monoisotopic (exact) mass is 585 g/mol. The molecule has 3 aromatic carbocycles. The number of ether oxygens (including phenoxy) is 4. The van der Waals surface area contributed by atoms with Gasteiger partial charge < -0.3 is 18.9 Å². The Balaban J connectivity index is 1.22. The summed E-state index contributed by atoms with van der Waals surface area (Å²) in [4.78, 5) is 13.0. The number of sulfonamides is 1. The number of nitrogens with zero attached hydrogens (tertiary/aromatic N) is 2. The Kier molecular flexibility index (Phi) is 8.43. The van der Waals surface area contributed by atoms with E-state index in [0.29, 0.717) is 59.6 Å². The van der Waals surface area contributed by atoms with Crippen LogP contribution < -0.4 is 24.4 Å². The van der Waals surface area contributed by atoms with Crippen molar-refractivity contribution in [3.8, 4) is 23.0 Å². The number of hydrazone groups is 1. The van der Waals surface area contributed by atoms with E-state index in [1.54, 1.807) is 18.2 Å². The summed E-state index contributed by atoms with van der Waals surface area (Å²) < 4.78 is 49.9. The van der Waals surface area contributed by atoms with Gasteiger partial charge in [-0.15, -0.1) is 0 Å². The lowest BCUT2D eigenvalue weighted by Crippen LogP contribution is -2.44. The third-order valence-electron chi connectivity index (χ3n) is 6.41. The highest BCUT2D eigenvalue weighted by Gasteiger charge is 2.39. The van der Waals surface area contributed by atoms with E-state index in [9.17, 15) is 13.2 Å². The van der Waals surface area contributed by atoms with Gasteiger partial charge in [0, 0.05) is 11.6 Å². The molecule has 0 bridgehead atoms. The number of amides is 1. The zero-order valence-corrected chi connectivity index (χ0v) is 23.3. The van der Waals surface area contributed by atoms with Gasteiger partial charge in [-0.25, -0.2) is 13.8 Å². The second-order valence-electron chi connectivity index (χ2n) is 9.08. The molecule has 2 aliphatic rings. The maximum atomic E-state index is 13.1. The van der Waals surface area contributed by atoms with Crippen molar-refractivity contribution in [2.75, 3.05) is 19.9 Å². The fourth-order valence-corrected chi connectivity index (χ4v) is 6.24. The molecule has 0 unspecified atom stereocenters. The van der Waals surface area contributed by atoms with E-state index in [1.165, 1.54) is 34.8 Å². The molecule has 5 rings (SSSR count). The van der Waals surface area contributed by atoms with Crippen molar-refractivity contribution < 1.29 is 32.2 Å². The van der Waals surface area contributed by atoms with E-state index in [0.717, 1.165) is 5.56 Å². The number of nitrogens with one attached hydrogen (secondary N) is 1. The zero-order valence-electron chi connectivity index (χ0n) is 21.7. The first-order valence-corrected chi connectivity index (χ1v) is 14.6. The lowest BCUT2D eigenvalue weighted by molar-refractivity contribution is -0.124. The van der Waals surface area contributed by atoms with Crippen LogP contribution in [0.3, 0.4) is 0 Å². The minimum absolute atomic E-state index is 0.0874. The molecule has 1 fully saturated rings. The molecular weight excluding hydrogens is 558 g/mol. The van der Waals surface area contributed by atoms with Crippen molar-refractivity contribution in [2.45, 2.75) is 37.3 Å². The SMILES string of the molecule is CCOc1cc(/C=N\NC(=O)[C@@H]2CCCN2S(=O)(=O)c2ccc(Cl)cc2)ccc1OCc1ccc2c(c1)OCO2. The normalized spacial score (nSPS) is 16.8. The number of fused-ring (bicyclic) bond motifs is 1. The van der Waals surface area contributed by atoms with Crippen LogP contribution in [0.4, 0.5) is 0 Å². The molecule has 0 aliphatic carbocycles. The van der Waals surface area contributed by atoms with E-state index >= 15 is 0 Å². The van der Waals surface area contributed by atoms with Crippen molar-refractivity contribution in [1.29, 1.82) is 0 Å². The van der Waals surface area contributed by atoms with Gasteiger partial charge in [-0.05, 0) is 85.5 Å². The Morgan fingerprint density at radius 1 is 1.07 bits per heavy atom. The summed E-state index contributed by atoms with van der Waals surface area (Å²) in [6.07, 6.45) is 2.44. The van der Waals surface area contributed by atoms with Crippen LogP contribution >= 0.6 is 11.6 Å². The molecule has 1 amide bonds. The molecule has 0 saturated carbocycles. The van der Waals surface area contributed by atoms with Crippen LogP contribution in [-0.2, 0) is 21.4 Å². The van der Waals surface area contributed by atoms with Crippen LogP contribution in [0, 0.1) is 0 Å². The quantitative estimate of drug-likeness (QED) is 0.278. The molecule has 2 aliphatic heterocycles. The molecule has 1 saturated heterocycles. The van der Waals surface area contributed by atoms with Crippen LogP contribution in [-0.4, -0.2) is 50.8 Å². The van der Waals surface area contributed by atoms with E-state index < -0.39 is 22.0 Å². The van der Waals surface area contributed by atoms with Crippen molar-refractivity contribution in [2.24, 2.45) is 5.10 Å². The number of hydrogen-bond donors (Lipinski definition) is 1. The van der Waals surface area contributed by atoms with Gasteiger partial charge in [0.2, 0.25) is 16.8 Å². The summed E-state index contributed by atoms with van der Waals surface area (Å²) in [6.45, 7) is 3.06. The van der Waals surface area contributed by atoms with Crippen molar-refractivity contribution >= 4 is 33.7 Å². The van der Waals surface area contributed by atoms with E-state index in [2.05, 4.69) is 10.5 Å². The van der Waals surface area contributed by atoms with Crippen molar-refractivity contribution in [3.05, 3.63) is 76.8 Å². The average molecular weight is 586 g/mol. The fraction of sp³-hybridized carbons (Fsp3) is 0.286. The topological polar surface area (TPSA) is 116 Å². The molecule has 1 atom stereocenters. The summed E-state index contributed by atoms with van der Waals surface area (Å²) >= 11 is 5.89. The Bertz CT molecular complexity index is 1510. The molecule has 40 heavy (non-hydrogen) atoms. The van der Waals surface area contributed by atoms with Gasteiger partial charge in [0.15, 0.2) is 23.0 Å². The fourth-order valence-electron chi connectivity index (χ4n) is 4.46. The minimum Gasteiger partial charge on any atom is -0.490 e. The molecule has 0 radical (unpaired) electrons. The summed E-state index contributed by atoms with van der Waals surface area (Å²) in [7, 11) is -3.85. The second-order valence-corrected chi connectivity index (χ2v) is 11.4. The first-order chi connectivity index (χ1) is 19.3. The van der Waals surface area contributed by atoms with Crippen LogP contribution in [0.25, 0.3) is 0 Å². The minimum atomic E-state index is -3.85. The second kappa shape index (κ2) is 12.2. The van der Waals surface area contributed by atoms with Gasteiger partial charge >= 0.3 is 0 Å². The largest absolute Gasteiger partial charge is 0.490 e. The number of benzene rings is 3. The molecule has 0 spiro atoms. The van der Waals surface area contributed by atoms with Gasteiger partial charge in [-0.3, -0.25) is 4.79 Å². The van der Waals surface area contributed by atoms with Crippen molar-refractivity contribution in [1.82, 2.24) is 9.73 Å². The number of rotatable bonds is 10. The third kappa shape index (κ3) is 6.16. The number of carbonyl (C=O) groups excluding carboxylic acids is 1. The number of halogens is 1. The highest BCUT2D eigenvalue weighted by atomic mass is 35.5. The Morgan fingerprint density at radius 3 is 2.67 bits per heavy atom.